The number of carbonyl (C=O) groups is 2. The molecule has 0 rings (SSSR count). The van der Waals surface area contributed by atoms with E-state index in [1.807, 2.05) is 21.1 Å². The lowest BCUT2D eigenvalue weighted by atomic mass is 10.0. The van der Waals surface area contributed by atoms with E-state index in [2.05, 4.69) is 74.6 Å². The number of nitrogens with zero attached hydrogens (tertiary/aromatic N) is 1. The SMILES string of the molecule is CC/C=C\C/C=C\C/C=C\C/C=C\C/C=C\CCCCCCCCCCCCCC(=O)OC(COC(=O)CCCCCCCCCCCCCCCCCCCCCCCCCCCCCCCCCCCCC)COP(=O)(O)OCC[N+](C)(C)C. The van der Waals surface area contributed by atoms with E-state index in [0.29, 0.717) is 23.9 Å². The maximum atomic E-state index is 12.9. The van der Waals surface area contributed by atoms with Gasteiger partial charge in [-0.3, -0.25) is 18.6 Å². The van der Waals surface area contributed by atoms with Gasteiger partial charge in [-0.2, -0.15) is 0 Å². The van der Waals surface area contributed by atoms with Crippen molar-refractivity contribution in [3.8, 4) is 0 Å². The molecule has 0 aromatic heterocycles. The lowest BCUT2D eigenvalue weighted by Crippen LogP contribution is -2.37. The monoisotopic (exact) mass is 1230 g/mol. The van der Waals surface area contributed by atoms with Crippen LogP contribution in [0.5, 0.6) is 0 Å². The number of hydrogen-bond donors (Lipinski definition) is 1. The van der Waals surface area contributed by atoms with E-state index in [-0.39, 0.29) is 25.6 Å². The number of likely N-dealkylation sites (N-methyl/N-ethyl adjacent to an activating group) is 1. The molecule has 0 spiro atoms. The maximum absolute atomic E-state index is 12.9. The molecule has 0 aliphatic rings. The second-order valence-corrected chi connectivity index (χ2v) is 27.8. The fraction of sp³-hybridized carbons (Fsp3) is 0.842. The molecule has 0 bridgehead atoms. The van der Waals surface area contributed by atoms with Crippen LogP contribution in [-0.4, -0.2) is 74.9 Å². The zero-order valence-electron chi connectivity index (χ0n) is 57.6. The highest BCUT2D eigenvalue weighted by Crippen LogP contribution is 2.43. The molecule has 10 heteroatoms. The molecular weight excluding hydrogens is 1090 g/mol. The van der Waals surface area contributed by atoms with E-state index in [9.17, 15) is 19.0 Å². The number of ether oxygens (including phenoxy) is 2. The van der Waals surface area contributed by atoms with Crippen molar-refractivity contribution in [1.29, 1.82) is 0 Å². The Balaban J connectivity index is 3.96. The lowest BCUT2D eigenvalue weighted by Gasteiger charge is -2.24. The summed E-state index contributed by atoms with van der Waals surface area (Å²) in [6, 6.07) is 0. The third kappa shape index (κ3) is 70.8. The molecule has 1 N–H and O–H groups in total. The van der Waals surface area contributed by atoms with Crippen LogP contribution in [0.15, 0.2) is 60.8 Å². The number of rotatable bonds is 69. The molecule has 0 heterocycles. The predicted octanol–water partition coefficient (Wildman–Crippen LogP) is 24.2. The Morgan fingerprint density at radius 2 is 0.663 bits per heavy atom. The number of esters is 2. The fourth-order valence-electron chi connectivity index (χ4n) is 10.9. The second kappa shape index (κ2) is 67.1. The molecule has 0 aliphatic heterocycles. The van der Waals surface area contributed by atoms with Crippen LogP contribution < -0.4 is 0 Å². The second-order valence-electron chi connectivity index (χ2n) is 26.3. The van der Waals surface area contributed by atoms with E-state index in [0.717, 1.165) is 70.6 Å². The molecule has 0 aliphatic carbocycles. The maximum Gasteiger partial charge on any atom is 0.472 e. The summed E-state index contributed by atoms with van der Waals surface area (Å²) in [7, 11) is 1.49. The summed E-state index contributed by atoms with van der Waals surface area (Å²) >= 11 is 0. The molecule has 504 valence electrons. The Morgan fingerprint density at radius 1 is 0.372 bits per heavy atom. The largest absolute Gasteiger partial charge is 0.472 e. The number of phosphoric ester groups is 1. The molecule has 0 aromatic carbocycles. The lowest BCUT2D eigenvalue weighted by molar-refractivity contribution is -0.870. The minimum absolute atomic E-state index is 0.0312. The number of phosphoric acid groups is 1. The zero-order chi connectivity index (χ0) is 62.6. The molecule has 86 heavy (non-hydrogen) atoms. The van der Waals surface area contributed by atoms with Gasteiger partial charge in [0.25, 0.3) is 0 Å². The predicted molar refractivity (Wildman–Crippen MR) is 372 cm³/mol. The van der Waals surface area contributed by atoms with Gasteiger partial charge < -0.3 is 18.9 Å². The minimum Gasteiger partial charge on any atom is -0.462 e. The standard InChI is InChI=1S/C76H142NO8P/c1-6-8-10-12-14-16-18-20-22-24-26-28-30-32-34-35-36-37-38-39-40-41-43-44-46-48-50-52-54-56-58-60-62-64-66-68-75(78)82-72-74(73-84-86(80,81)83-71-70-77(3,4)5)85-76(79)69-67-65-63-61-59-57-55-53-51-49-47-45-42-33-31-29-27-25-23-21-19-17-15-13-11-9-7-2/h9,11,15,17,21,23,27,29,33,42,74H,6-8,10,12-14,16,18-20,22,24-26,28,30-32,34-41,43-73H2,1-5H3/p+1/b11-9-,17-15-,23-21-,29-27-,42-33-. The first-order chi connectivity index (χ1) is 42.0. The van der Waals surface area contributed by atoms with Crippen LogP contribution >= 0.6 is 7.82 Å². The van der Waals surface area contributed by atoms with Crippen molar-refractivity contribution in [2.24, 2.45) is 0 Å². The van der Waals surface area contributed by atoms with Gasteiger partial charge in [0.15, 0.2) is 6.10 Å². The highest BCUT2D eigenvalue weighted by molar-refractivity contribution is 7.47. The van der Waals surface area contributed by atoms with Crippen molar-refractivity contribution in [1.82, 2.24) is 0 Å². The van der Waals surface area contributed by atoms with Crippen LogP contribution in [0.25, 0.3) is 0 Å². The summed E-state index contributed by atoms with van der Waals surface area (Å²) in [6.07, 6.45) is 89.2. The molecule has 2 atom stereocenters. The van der Waals surface area contributed by atoms with E-state index in [1.54, 1.807) is 0 Å². The van der Waals surface area contributed by atoms with Gasteiger partial charge in [-0.25, -0.2) is 4.57 Å². The quantitative estimate of drug-likeness (QED) is 0.0211. The summed E-state index contributed by atoms with van der Waals surface area (Å²) < 4.78 is 34.8. The van der Waals surface area contributed by atoms with Crippen molar-refractivity contribution in [2.45, 2.75) is 367 Å². The van der Waals surface area contributed by atoms with E-state index < -0.39 is 26.5 Å². The number of allylic oxidation sites excluding steroid dienone is 10. The zero-order valence-corrected chi connectivity index (χ0v) is 58.5. The third-order valence-corrected chi connectivity index (χ3v) is 17.5. The molecule has 0 saturated heterocycles. The number of quaternary nitrogens is 1. The van der Waals surface area contributed by atoms with Crippen LogP contribution in [0.1, 0.15) is 361 Å². The average Bonchev–Trinajstić information content (AvgIpc) is 3.53. The van der Waals surface area contributed by atoms with Gasteiger partial charge in [-0.1, -0.05) is 351 Å². The van der Waals surface area contributed by atoms with E-state index >= 15 is 0 Å². The van der Waals surface area contributed by atoms with Gasteiger partial charge in [-0.15, -0.1) is 0 Å². The van der Waals surface area contributed by atoms with Crippen molar-refractivity contribution >= 4 is 19.8 Å². The van der Waals surface area contributed by atoms with Gasteiger partial charge in [0, 0.05) is 12.8 Å². The van der Waals surface area contributed by atoms with Crippen LogP contribution in [0, 0.1) is 0 Å². The first kappa shape index (κ1) is 83.7. The smallest absolute Gasteiger partial charge is 0.462 e. The van der Waals surface area contributed by atoms with Crippen molar-refractivity contribution in [3.05, 3.63) is 60.8 Å². The molecular formula is C76H143NO8P+. The molecule has 0 radical (unpaired) electrons. The van der Waals surface area contributed by atoms with Crippen LogP contribution in [0.4, 0.5) is 0 Å². The molecule has 2 unspecified atom stereocenters. The van der Waals surface area contributed by atoms with E-state index in [1.165, 1.54) is 257 Å². The first-order valence-electron chi connectivity index (χ1n) is 37.0. The average molecular weight is 1230 g/mol. The van der Waals surface area contributed by atoms with E-state index in [4.69, 9.17) is 18.5 Å². The summed E-state index contributed by atoms with van der Waals surface area (Å²) in [5.74, 6) is -0.785. The molecule has 0 aromatic rings. The Bertz CT molecular complexity index is 1630. The highest BCUT2D eigenvalue weighted by Gasteiger charge is 2.27. The van der Waals surface area contributed by atoms with Gasteiger partial charge in [0.05, 0.1) is 27.7 Å². The number of unbranched alkanes of at least 4 members (excludes halogenated alkanes) is 45. The van der Waals surface area contributed by atoms with Crippen molar-refractivity contribution in [2.75, 3.05) is 47.5 Å². The topological polar surface area (TPSA) is 108 Å². The Labute approximate surface area is 534 Å². The van der Waals surface area contributed by atoms with Crippen molar-refractivity contribution < 1.29 is 42.1 Å². The summed E-state index contributed by atoms with van der Waals surface area (Å²) in [4.78, 5) is 35.9. The molecule has 0 saturated carbocycles. The Hall–Kier alpha value is -2.29. The summed E-state index contributed by atoms with van der Waals surface area (Å²) in [5, 5.41) is 0. The van der Waals surface area contributed by atoms with Crippen LogP contribution in [-0.2, 0) is 32.7 Å². The minimum atomic E-state index is -4.39. The van der Waals surface area contributed by atoms with Gasteiger partial charge >= 0.3 is 19.8 Å². The summed E-state index contributed by atoms with van der Waals surface area (Å²) in [6.45, 7) is 4.38. The molecule has 0 fully saturated rings. The number of hydrogen-bond acceptors (Lipinski definition) is 7. The van der Waals surface area contributed by atoms with Crippen molar-refractivity contribution in [3.63, 3.8) is 0 Å². The Morgan fingerprint density at radius 3 is 0.988 bits per heavy atom. The van der Waals surface area contributed by atoms with Crippen LogP contribution in [0.3, 0.4) is 0 Å². The molecule has 9 nitrogen and oxygen atoms in total. The normalized spacial score (nSPS) is 13.4. The van der Waals surface area contributed by atoms with Gasteiger partial charge in [-0.05, 0) is 57.8 Å². The summed E-state index contributed by atoms with van der Waals surface area (Å²) in [5.41, 5.74) is 0. The molecule has 0 amide bonds. The van der Waals surface area contributed by atoms with Gasteiger partial charge in [0.1, 0.15) is 19.8 Å². The van der Waals surface area contributed by atoms with Gasteiger partial charge in [0.2, 0.25) is 0 Å². The Kier molecular flexibility index (Phi) is 65.3. The highest BCUT2D eigenvalue weighted by atomic mass is 31.2. The third-order valence-electron chi connectivity index (χ3n) is 16.6. The van der Waals surface area contributed by atoms with Crippen LogP contribution in [0.2, 0.25) is 0 Å². The fourth-order valence-corrected chi connectivity index (χ4v) is 11.7. The first-order valence-corrected chi connectivity index (χ1v) is 38.5. The number of carbonyl (C=O) groups excluding carboxylic acids is 2.